The Hall–Kier alpha value is -2.17. The van der Waals surface area contributed by atoms with Crippen LogP contribution in [0.5, 0.6) is 0 Å². The summed E-state index contributed by atoms with van der Waals surface area (Å²) in [5.74, 6) is 0.634. The fourth-order valence-electron chi connectivity index (χ4n) is 2.02. The summed E-state index contributed by atoms with van der Waals surface area (Å²) in [6.45, 7) is 0.603. The standard InChI is InChI=1S/C15H14N2O2/c1-18-16-10-11-6-2-3-7-12(11)15-17-13-8-4-5-9-14(13)19-15/h2-9,16H,10H2,1H3. The maximum Gasteiger partial charge on any atom is 0.227 e. The van der Waals surface area contributed by atoms with Crippen LogP contribution >= 0.6 is 0 Å². The first-order chi connectivity index (χ1) is 9.38. The number of nitrogens with zero attached hydrogens (tertiary/aromatic N) is 1. The molecular weight excluding hydrogens is 240 g/mol. The van der Waals surface area contributed by atoms with Gasteiger partial charge in [0, 0.05) is 12.1 Å². The highest BCUT2D eigenvalue weighted by Gasteiger charge is 2.11. The average Bonchev–Trinajstić information content (AvgIpc) is 2.89. The maximum atomic E-state index is 5.80. The Bertz CT molecular complexity index is 658. The van der Waals surface area contributed by atoms with Crippen LogP contribution in [0.1, 0.15) is 5.56 Å². The van der Waals surface area contributed by atoms with Gasteiger partial charge in [-0.25, -0.2) is 4.98 Å². The van der Waals surface area contributed by atoms with Crippen LogP contribution in [0.4, 0.5) is 0 Å². The number of hydrogen-bond donors (Lipinski definition) is 1. The Balaban J connectivity index is 2.05. The van der Waals surface area contributed by atoms with Gasteiger partial charge < -0.3 is 9.25 Å². The lowest BCUT2D eigenvalue weighted by molar-refractivity contribution is 0.0868. The van der Waals surface area contributed by atoms with E-state index in [1.807, 2.05) is 48.5 Å². The highest BCUT2D eigenvalue weighted by molar-refractivity contribution is 5.76. The molecule has 19 heavy (non-hydrogen) atoms. The lowest BCUT2D eigenvalue weighted by Crippen LogP contribution is -2.11. The van der Waals surface area contributed by atoms with E-state index in [1.54, 1.807) is 7.11 Å². The maximum absolute atomic E-state index is 5.80. The number of benzene rings is 2. The molecule has 0 aliphatic rings. The Morgan fingerprint density at radius 3 is 2.74 bits per heavy atom. The van der Waals surface area contributed by atoms with Crippen LogP contribution in [-0.4, -0.2) is 12.1 Å². The summed E-state index contributed by atoms with van der Waals surface area (Å²) in [5.41, 5.74) is 6.56. The van der Waals surface area contributed by atoms with Crippen LogP contribution in [0.15, 0.2) is 52.9 Å². The molecule has 0 radical (unpaired) electrons. The van der Waals surface area contributed by atoms with Crippen molar-refractivity contribution in [2.45, 2.75) is 6.54 Å². The van der Waals surface area contributed by atoms with Gasteiger partial charge in [-0.15, -0.1) is 0 Å². The van der Waals surface area contributed by atoms with Gasteiger partial charge >= 0.3 is 0 Å². The highest BCUT2D eigenvalue weighted by Crippen LogP contribution is 2.26. The number of hydroxylamine groups is 1. The molecule has 3 rings (SSSR count). The van der Waals surface area contributed by atoms with Crippen LogP contribution in [-0.2, 0) is 11.4 Å². The van der Waals surface area contributed by atoms with Gasteiger partial charge in [-0.3, -0.25) is 0 Å². The third kappa shape index (κ3) is 2.36. The van der Waals surface area contributed by atoms with E-state index in [0.717, 1.165) is 22.2 Å². The summed E-state index contributed by atoms with van der Waals surface area (Å²) in [5, 5.41) is 0. The first-order valence-corrected chi connectivity index (χ1v) is 6.08. The van der Waals surface area contributed by atoms with Gasteiger partial charge in [0.1, 0.15) is 5.52 Å². The number of nitrogens with one attached hydrogen (secondary N) is 1. The zero-order chi connectivity index (χ0) is 13.1. The third-order valence-electron chi connectivity index (χ3n) is 2.95. The van der Waals surface area contributed by atoms with Crippen molar-refractivity contribution in [3.05, 3.63) is 54.1 Å². The van der Waals surface area contributed by atoms with E-state index in [1.165, 1.54) is 0 Å². The van der Waals surface area contributed by atoms with Gasteiger partial charge in [-0.2, -0.15) is 5.48 Å². The Kier molecular flexibility index (Phi) is 3.27. The fraction of sp³-hybridized carbons (Fsp3) is 0.133. The summed E-state index contributed by atoms with van der Waals surface area (Å²) in [6, 6.07) is 15.7. The minimum Gasteiger partial charge on any atom is -0.436 e. The Morgan fingerprint density at radius 1 is 1.11 bits per heavy atom. The van der Waals surface area contributed by atoms with Gasteiger partial charge in [-0.05, 0) is 23.8 Å². The fourth-order valence-corrected chi connectivity index (χ4v) is 2.02. The van der Waals surface area contributed by atoms with Crippen LogP contribution in [0, 0.1) is 0 Å². The number of hydrogen-bond acceptors (Lipinski definition) is 4. The molecule has 0 aliphatic carbocycles. The molecule has 0 saturated carbocycles. The largest absolute Gasteiger partial charge is 0.436 e. The monoisotopic (exact) mass is 254 g/mol. The molecule has 4 nitrogen and oxygen atoms in total. The van der Waals surface area contributed by atoms with E-state index in [2.05, 4.69) is 10.5 Å². The molecular formula is C15H14N2O2. The van der Waals surface area contributed by atoms with E-state index in [0.29, 0.717) is 12.4 Å². The molecule has 1 aromatic heterocycles. The number of aromatic nitrogens is 1. The molecule has 0 atom stereocenters. The number of oxazole rings is 1. The summed E-state index contributed by atoms with van der Waals surface area (Å²) < 4.78 is 5.80. The predicted octanol–water partition coefficient (Wildman–Crippen LogP) is 3.15. The van der Waals surface area contributed by atoms with Crippen molar-refractivity contribution in [3.63, 3.8) is 0 Å². The molecule has 0 aliphatic heterocycles. The second-order valence-corrected chi connectivity index (χ2v) is 4.17. The number of para-hydroxylation sites is 2. The van der Waals surface area contributed by atoms with Crippen molar-refractivity contribution in [3.8, 4) is 11.5 Å². The third-order valence-corrected chi connectivity index (χ3v) is 2.95. The summed E-state index contributed by atoms with van der Waals surface area (Å²) in [6.07, 6.45) is 0. The molecule has 0 amide bonds. The zero-order valence-corrected chi connectivity index (χ0v) is 10.6. The van der Waals surface area contributed by atoms with E-state index in [-0.39, 0.29) is 0 Å². The van der Waals surface area contributed by atoms with Crippen LogP contribution in [0.2, 0.25) is 0 Å². The predicted molar refractivity (Wildman–Crippen MR) is 73.3 cm³/mol. The van der Waals surface area contributed by atoms with Crippen LogP contribution in [0.3, 0.4) is 0 Å². The van der Waals surface area contributed by atoms with E-state index in [4.69, 9.17) is 9.25 Å². The van der Waals surface area contributed by atoms with Crippen molar-refractivity contribution >= 4 is 11.1 Å². The van der Waals surface area contributed by atoms with Gasteiger partial charge in [0.25, 0.3) is 0 Å². The second kappa shape index (κ2) is 5.22. The Morgan fingerprint density at radius 2 is 1.89 bits per heavy atom. The van der Waals surface area contributed by atoms with E-state index < -0.39 is 0 Å². The normalized spacial score (nSPS) is 11.0. The van der Waals surface area contributed by atoms with Crippen molar-refractivity contribution in [2.24, 2.45) is 0 Å². The van der Waals surface area contributed by atoms with Gasteiger partial charge in [0.2, 0.25) is 5.89 Å². The van der Waals surface area contributed by atoms with E-state index in [9.17, 15) is 0 Å². The minimum absolute atomic E-state index is 0.603. The smallest absolute Gasteiger partial charge is 0.227 e. The Labute approximate surface area is 111 Å². The molecule has 4 heteroatoms. The summed E-state index contributed by atoms with van der Waals surface area (Å²) in [7, 11) is 1.60. The first-order valence-electron chi connectivity index (χ1n) is 6.08. The first kappa shape index (κ1) is 11.9. The van der Waals surface area contributed by atoms with Gasteiger partial charge in [0.15, 0.2) is 5.58 Å². The topological polar surface area (TPSA) is 47.3 Å². The zero-order valence-electron chi connectivity index (χ0n) is 10.6. The molecule has 0 saturated heterocycles. The molecule has 0 bridgehead atoms. The van der Waals surface area contributed by atoms with Gasteiger partial charge in [-0.1, -0.05) is 30.3 Å². The quantitative estimate of drug-likeness (QED) is 0.726. The SMILES string of the molecule is CONCc1ccccc1-c1nc2ccccc2o1. The molecule has 0 fully saturated rings. The molecule has 0 unspecified atom stereocenters. The summed E-state index contributed by atoms with van der Waals surface area (Å²) in [4.78, 5) is 9.41. The summed E-state index contributed by atoms with van der Waals surface area (Å²) >= 11 is 0. The van der Waals surface area contributed by atoms with Crippen molar-refractivity contribution < 1.29 is 9.25 Å². The highest BCUT2D eigenvalue weighted by atomic mass is 16.6. The van der Waals surface area contributed by atoms with Crippen molar-refractivity contribution in [1.82, 2.24) is 10.5 Å². The molecule has 3 aromatic rings. The minimum atomic E-state index is 0.603. The second-order valence-electron chi connectivity index (χ2n) is 4.17. The lowest BCUT2D eigenvalue weighted by atomic mass is 10.1. The average molecular weight is 254 g/mol. The van der Waals surface area contributed by atoms with Crippen LogP contribution < -0.4 is 5.48 Å². The van der Waals surface area contributed by atoms with E-state index >= 15 is 0 Å². The number of fused-ring (bicyclic) bond motifs is 1. The van der Waals surface area contributed by atoms with Crippen LogP contribution in [0.25, 0.3) is 22.6 Å². The van der Waals surface area contributed by atoms with Crippen molar-refractivity contribution in [1.29, 1.82) is 0 Å². The van der Waals surface area contributed by atoms with Gasteiger partial charge in [0.05, 0.1) is 7.11 Å². The molecule has 0 spiro atoms. The molecule has 1 N–H and O–H groups in total. The lowest BCUT2D eigenvalue weighted by Gasteiger charge is -2.06. The molecule has 1 heterocycles. The number of rotatable bonds is 4. The molecule has 96 valence electrons. The van der Waals surface area contributed by atoms with Crippen molar-refractivity contribution in [2.75, 3.05) is 7.11 Å². The molecule has 2 aromatic carbocycles.